The van der Waals surface area contributed by atoms with E-state index in [2.05, 4.69) is 0 Å². The highest BCUT2D eigenvalue weighted by Gasteiger charge is 2.27. The van der Waals surface area contributed by atoms with Crippen LogP contribution in [0.15, 0.2) is 0 Å². The Balaban J connectivity index is 2.02. The average molecular weight is 261 g/mol. The van der Waals surface area contributed by atoms with Gasteiger partial charge in [0.15, 0.2) is 0 Å². The molecule has 0 bridgehead atoms. The fourth-order valence-electron chi connectivity index (χ4n) is 1.53. The summed E-state index contributed by atoms with van der Waals surface area (Å²) in [4.78, 5) is 22.5. The number of carbonyl (C=O) groups is 2. The van der Waals surface area contributed by atoms with E-state index in [1.807, 2.05) is 0 Å². The molecule has 0 spiro atoms. The monoisotopic (exact) mass is 261 g/mol. The molecule has 0 atom stereocenters. The van der Waals surface area contributed by atoms with Crippen LogP contribution in [-0.2, 0) is 30.0 Å². The molecule has 1 fully saturated rings. The second-order valence-corrected chi connectivity index (χ2v) is 6.74. The molecule has 0 saturated carbocycles. The molecule has 0 N–H and O–H groups in total. The van der Waals surface area contributed by atoms with E-state index in [0.717, 1.165) is 11.5 Å². The lowest BCUT2D eigenvalue weighted by Crippen LogP contribution is -2.22. The van der Waals surface area contributed by atoms with Crippen molar-refractivity contribution in [3.05, 3.63) is 0 Å². The second kappa shape index (κ2) is 7.58. The van der Waals surface area contributed by atoms with Gasteiger partial charge in [0, 0.05) is 0 Å². The minimum absolute atomic E-state index is 0.134. The Morgan fingerprint density at radius 2 is 1.71 bits per heavy atom. The molecule has 17 heavy (non-hydrogen) atoms. The fourth-order valence-corrected chi connectivity index (χ4v) is 3.67. The minimum Gasteiger partial charge on any atom is -0.462 e. The Bertz CT molecular complexity index is 259. The number of hydrogen-bond acceptors (Lipinski definition) is 4. The van der Waals surface area contributed by atoms with Crippen LogP contribution >= 0.6 is 0 Å². The molecule has 5 heteroatoms. The fraction of sp³-hybridized carbons (Fsp3) is 0.833. The van der Waals surface area contributed by atoms with Crippen LogP contribution in [-0.4, -0.2) is 42.4 Å². The lowest BCUT2D eigenvalue weighted by atomic mass is 10.2. The van der Waals surface area contributed by atoms with Gasteiger partial charge in [-0.3, -0.25) is 4.79 Å². The van der Waals surface area contributed by atoms with E-state index in [1.165, 1.54) is 12.8 Å². The van der Waals surface area contributed by atoms with Crippen LogP contribution in [0.2, 0.25) is 0 Å². The number of ether oxygens (including phenoxy) is 2. The molecular formula is C12H21O4S+. The molecule has 1 aliphatic rings. The summed E-state index contributed by atoms with van der Waals surface area (Å²) in [6.07, 6.45) is 2.48. The molecule has 0 radical (unpaired) electrons. The van der Waals surface area contributed by atoms with Gasteiger partial charge in [0.1, 0.15) is 24.7 Å². The number of esters is 2. The van der Waals surface area contributed by atoms with Crippen LogP contribution in [0.1, 0.15) is 26.7 Å². The summed E-state index contributed by atoms with van der Waals surface area (Å²) >= 11 is 0. The van der Waals surface area contributed by atoms with Gasteiger partial charge in [-0.2, -0.15) is 0 Å². The Hall–Kier alpha value is -0.710. The van der Waals surface area contributed by atoms with Gasteiger partial charge in [-0.15, -0.1) is 0 Å². The van der Waals surface area contributed by atoms with E-state index >= 15 is 0 Å². The summed E-state index contributed by atoms with van der Waals surface area (Å²) in [5.74, 6) is 2.33. The molecule has 1 rings (SSSR count). The summed E-state index contributed by atoms with van der Waals surface area (Å²) in [5.41, 5.74) is 0. The Labute approximate surface area is 105 Å². The molecule has 1 heterocycles. The van der Waals surface area contributed by atoms with E-state index in [4.69, 9.17) is 9.47 Å². The Kier molecular flexibility index (Phi) is 6.40. The summed E-state index contributed by atoms with van der Waals surface area (Å²) < 4.78 is 9.93. The lowest BCUT2D eigenvalue weighted by molar-refractivity contribution is -0.153. The van der Waals surface area contributed by atoms with Crippen LogP contribution in [0.5, 0.6) is 0 Å². The first-order chi connectivity index (χ1) is 8.09. The molecule has 4 nitrogen and oxygen atoms in total. The highest BCUT2D eigenvalue weighted by Crippen LogP contribution is 2.13. The number of carbonyl (C=O) groups excluding carboxylic acids is 2. The maximum Gasteiger partial charge on any atom is 0.356 e. The molecule has 0 aromatic heterocycles. The van der Waals surface area contributed by atoms with Crippen molar-refractivity contribution in [2.75, 3.05) is 30.5 Å². The van der Waals surface area contributed by atoms with E-state index in [-0.39, 0.29) is 42.0 Å². The first kappa shape index (κ1) is 14.4. The smallest absolute Gasteiger partial charge is 0.356 e. The molecule has 1 aliphatic heterocycles. The molecule has 0 amide bonds. The van der Waals surface area contributed by atoms with E-state index < -0.39 is 0 Å². The van der Waals surface area contributed by atoms with Gasteiger partial charge in [-0.05, 0) is 23.7 Å². The van der Waals surface area contributed by atoms with Crippen LogP contribution < -0.4 is 0 Å². The van der Waals surface area contributed by atoms with Gasteiger partial charge in [0.2, 0.25) is 5.75 Å². The van der Waals surface area contributed by atoms with Crippen molar-refractivity contribution in [1.82, 2.24) is 0 Å². The molecule has 0 aromatic rings. The Morgan fingerprint density at radius 1 is 1.12 bits per heavy atom. The van der Waals surface area contributed by atoms with Gasteiger partial charge in [-0.25, -0.2) is 4.79 Å². The third kappa shape index (κ3) is 5.96. The standard InChI is InChI=1S/C12H21O4S/c1-10(2)12(14)16-6-5-15-11(13)9-17-7-3-4-8-17/h10H,3-9H2,1-2H3/q+1. The highest BCUT2D eigenvalue weighted by atomic mass is 32.2. The van der Waals surface area contributed by atoms with E-state index in [0.29, 0.717) is 5.75 Å². The number of hydrogen-bond donors (Lipinski definition) is 0. The zero-order chi connectivity index (χ0) is 12.7. The van der Waals surface area contributed by atoms with Gasteiger partial charge >= 0.3 is 11.9 Å². The average Bonchev–Trinajstić information content (AvgIpc) is 2.76. The first-order valence-corrected chi connectivity index (χ1v) is 7.79. The zero-order valence-corrected chi connectivity index (χ0v) is 11.4. The van der Waals surface area contributed by atoms with Crippen LogP contribution in [0.4, 0.5) is 0 Å². The quantitative estimate of drug-likeness (QED) is 0.409. The Morgan fingerprint density at radius 3 is 2.29 bits per heavy atom. The normalized spacial score (nSPS) is 16.2. The molecule has 0 aromatic carbocycles. The van der Waals surface area contributed by atoms with Gasteiger partial charge in [-0.1, -0.05) is 13.8 Å². The van der Waals surface area contributed by atoms with E-state index in [1.54, 1.807) is 13.8 Å². The number of rotatable bonds is 6. The van der Waals surface area contributed by atoms with Gasteiger partial charge < -0.3 is 9.47 Å². The summed E-state index contributed by atoms with van der Waals surface area (Å²) in [6, 6.07) is 0. The van der Waals surface area contributed by atoms with Crippen LogP contribution in [0, 0.1) is 5.92 Å². The van der Waals surface area contributed by atoms with Crippen molar-refractivity contribution in [3.8, 4) is 0 Å². The largest absolute Gasteiger partial charge is 0.462 e. The van der Waals surface area contributed by atoms with Crippen molar-refractivity contribution in [1.29, 1.82) is 0 Å². The van der Waals surface area contributed by atoms with Crippen LogP contribution in [0.25, 0.3) is 0 Å². The summed E-state index contributed by atoms with van der Waals surface area (Å²) in [7, 11) is 0.239. The van der Waals surface area contributed by atoms with Crippen LogP contribution in [0.3, 0.4) is 0 Å². The summed E-state index contributed by atoms with van der Waals surface area (Å²) in [5, 5.41) is 0. The van der Waals surface area contributed by atoms with Gasteiger partial charge in [0.05, 0.1) is 5.92 Å². The third-order valence-corrected chi connectivity index (χ3v) is 4.88. The molecule has 1 saturated heterocycles. The third-order valence-electron chi connectivity index (χ3n) is 2.50. The maximum absolute atomic E-state index is 11.4. The van der Waals surface area contributed by atoms with Crippen molar-refractivity contribution in [2.45, 2.75) is 26.7 Å². The zero-order valence-electron chi connectivity index (χ0n) is 10.6. The van der Waals surface area contributed by atoms with Gasteiger partial charge in [0.25, 0.3) is 0 Å². The predicted octanol–water partition coefficient (Wildman–Crippen LogP) is 1.14. The molecule has 0 aliphatic carbocycles. The predicted molar refractivity (Wildman–Crippen MR) is 68.0 cm³/mol. The first-order valence-electron chi connectivity index (χ1n) is 6.06. The van der Waals surface area contributed by atoms with Crippen molar-refractivity contribution < 1.29 is 19.1 Å². The minimum atomic E-state index is -0.251. The topological polar surface area (TPSA) is 52.6 Å². The molecule has 0 unspecified atom stereocenters. The van der Waals surface area contributed by atoms with E-state index in [9.17, 15) is 9.59 Å². The molecular weight excluding hydrogens is 240 g/mol. The molecule has 98 valence electrons. The van der Waals surface area contributed by atoms with Crippen molar-refractivity contribution in [2.24, 2.45) is 5.92 Å². The maximum atomic E-state index is 11.4. The van der Waals surface area contributed by atoms with Crippen molar-refractivity contribution in [3.63, 3.8) is 0 Å². The lowest BCUT2D eigenvalue weighted by Gasteiger charge is -2.07. The second-order valence-electron chi connectivity index (χ2n) is 4.41. The summed E-state index contributed by atoms with van der Waals surface area (Å²) in [6.45, 7) is 3.89. The SMILES string of the molecule is CC(C)C(=O)OCCOC(=O)C[S+]1CCCC1. The highest BCUT2D eigenvalue weighted by molar-refractivity contribution is 7.97. The van der Waals surface area contributed by atoms with Crippen molar-refractivity contribution >= 4 is 22.8 Å².